The first kappa shape index (κ1) is 22.7. The Hall–Kier alpha value is -2.99. The van der Waals surface area contributed by atoms with Crippen molar-refractivity contribution in [3.8, 4) is 11.5 Å². The van der Waals surface area contributed by atoms with Crippen LogP contribution in [0.15, 0.2) is 42.5 Å². The van der Waals surface area contributed by atoms with Crippen LogP contribution < -0.4 is 14.4 Å². The summed E-state index contributed by atoms with van der Waals surface area (Å²) in [7, 11) is 7.29. The number of anilines is 1. The average Bonchev–Trinajstić information content (AvgIpc) is 3.09. The predicted molar refractivity (Wildman–Crippen MR) is 124 cm³/mol. The van der Waals surface area contributed by atoms with E-state index in [0.717, 1.165) is 38.0 Å². The number of esters is 1. The molecule has 2 aromatic rings. The van der Waals surface area contributed by atoms with Crippen molar-refractivity contribution in [1.29, 1.82) is 0 Å². The molecule has 0 saturated heterocycles. The van der Waals surface area contributed by atoms with Crippen LogP contribution in [0, 0.1) is 0 Å². The molecule has 0 unspecified atom stereocenters. The number of rotatable bonds is 10. The number of hydrogen-bond donors (Lipinski definition) is 0. The van der Waals surface area contributed by atoms with E-state index in [1.807, 2.05) is 6.08 Å². The van der Waals surface area contributed by atoms with Gasteiger partial charge in [-0.3, -0.25) is 4.90 Å². The summed E-state index contributed by atoms with van der Waals surface area (Å²) < 4.78 is 16.2. The molecule has 0 saturated carbocycles. The highest BCUT2D eigenvalue weighted by Gasteiger charge is 2.28. The quantitative estimate of drug-likeness (QED) is 0.411. The Bertz CT molecular complexity index is 953. The van der Waals surface area contributed by atoms with Crippen LogP contribution in [0.25, 0.3) is 5.76 Å². The Balaban J connectivity index is 1.63. The Kier molecular flexibility index (Phi) is 7.58. The standard InChI is InChI=1S/C25H32N2O4/c1-6-27(17-18-11-7-8-12-21(18)26(2)3)14-10-9-13-22-19-15-23(29-4)24(30-5)16-20(19)25(28)31-22/h7-8,11-13,15-16H,6,9-10,14,17H2,1-5H3/b22-13+. The fraction of sp³-hybridized carbons (Fsp3) is 0.400. The highest BCUT2D eigenvalue weighted by Crippen LogP contribution is 2.38. The first-order valence-electron chi connectivity index (χ1n) is 10.6. The van der Waals surface area contributed by atoms with Crippen LogP contribution >= 0.6 is 0 Å². The van der Waals surface area contributed by atoms with E-state index in [4.69, 9.17) is 14.2 Å². The fourth-order valence-corrected chi connectivity index (χ4v) is 3.83. The third-order valence-corrected chi connectivity index (χ3v) is 5.53. The molecule has 0 atom stereocenters. The average molecular weight is 425 g/mol. The van der Waals surface area contributed by atoms with Gasteiger partial charge < -0.3 is 19.1 Å². The molecule has 0 bridgehead atoms. The molecule has 0 N–H and O–H groups in total. The number of ether oxygens (including phenoxy) is 3. The molecule has 1 aliphatic heterocycles. The van der Waals surface area contributed by atoms with Crippen molar-refractivity contribution in [3.05, 3.63) is 59.2 Å². The van der Waals surface area contributed by atoms with Gasteiger partial charge in [0.1, 0.15) is 5.76 Å². The van der Waals surface area contributed by atoms with E-state index in [-0.39, 0.29) is 5.97 Å². The van der Waals surface area contributed by atoms with E-state index in [0.29, 0.717) is 22.8 Å². The molecule has 0 radical (unpaired) electrons. The minimum absolute atomic E-state index is 0.349. The van der Waals surface area contributed by atoms with Crippen LogP contribution in [-0.4, -0.2) is 52.3 Å². The Labute approximate surface area is 185 Å². The van der Waals surface area contributed by atoms with Crippen molar-refractivity contribution in [2.45, 2.75) is 26.3 Å². The van der Waals surface area contributed by atoms with Crippen molar-refractivity contribution < 1.29 is 19.0 Å². The van der Waals surface area contributed by atoms with Crippen LogP contribution in [-0.2, 0) is 11.3 Å². The van der Waals surface area contributed by atoms with E-state index in [9.17, 15) is 4.79 Å². The third kappa shape index (κ3) is 5.20. The highest BCUT2D eigenvalue weighted by atomic mass is 16.5. The maximum absolute atomic E-state index is 12.2. The molecule has 1 aliphatic rings. The van der Waals surface area contributed by atoms with Crippen molar-refractivity contribution in [3.63, 3.8) is 0 Å². The van der Waals surface area contributed by atoms with Crippen LogP contribution in [0.5, 0.6) is 11.5 Å². The number of cyclic esters (lactones) is 1. The lowest BCUT2D eigenvalue weighted by Crippen LogP contribution is -2.25. The number of benzene rings is 2. The van der Waals surface area contributed by atoms with Gasteiger partial charge in [0.15, 0.2) is 11.5 Å². The zero-order chi connectivity index (χ0) is 22.4. The Morgan fingerprint density at radius 1 is 1.03 bits per heavy atom. The Morgan fingerprint density at radius 2 is 1.71 bits per heavy atom. The number of hydrogen-bond acceptors (Lipinski definition) is 6. The minimum Gasteiger partial charge on any atom is -0.493 e. The second-order valence-electron chi connectivity index (χ2n) is 7.74. The van der Waals surface area contributed by atoms with E-state index in [2.05, 4.69) is 55.1 Å². The van der Waals surface area contributed by atoms with E-state index >= 15 is 0 Å². The van der Waals surface area contributed by atoms with Gasteiger partial charge in [0.2, 0.25) is 0 Å². The number of carbonyl (C=O) groups is 1. The molecular weight excluding hydrogens is 392 g/mol. The lowest BCUT2D eigenvalue weighted by Gasteiger charge is -2.24. The summed E-state index contributed by atoms with van der Waals surface area (Å²) in [6, 6.07) is 12.0. The second-order valence-corrected chi connectivity index (χ2v) is 7.74. The largest absolute Gasteiger partial charge is 0.493 e. The fourth-order valence-electron chi connectivity index (χ4n) is 3.83. The minimum atomic E-state index is -0.349. The molecule has 0 fully saturated rings. The number of unbranched alkanes of at least 4 members (excludes halogenated alkanes) is 1. The van der Waals surface area contributed by atoms with Crippen molar-refractivity contribution in [2.75, 3.05) is 46.3 Å². The van der Waals surface area contributed by atoms with Crippen LogP contribution in [0.1, 0.15) is 41.3 Å². The smallest absolute Gasteiger partial charge is 0.344 e. The topological polar surface area (TPSA) is 51.2 Å². The molecule has 0 spiro atoms. The van der Waals surface area contributed by atoms with Crippen molar-refractivity contribution >= 4 is 17.4 Å². The summed E-state index contributed by atoms with van der Waals surface area (Å²) in [6.07, 6.45) is 3.79. The molecule has 166 valence electrons. The zero-order valence-electron chi connectivity index (χ0n) is 19.1. The molecule has 31 heavy (non-hydrogen) atoms. The number of nitrogens with zero attached hydrogens (tertiary/aromatic N) is 2. The van der Waals surface area contributed by atoms with Gasteiger partial charge >= 0.3 is 5.97 Å². The summed E-state index contributed by atoms with van der Waals surface area (Å²) in [6.45, 7) is 5.05. The molecule has 0 aromatic heterocycles. The highest BCUT2D eigenvalue weighted by molar-refractivity contribution is 6.03. The SMILES string of the molecule is CCN(CCC/C=C1/OC(=O)c2cc(OC)c(OC)cc21)Cc1ccccc1N(C)C. The normalized spacial score (nSPS) is 14.0. The van der Waals surface area contributed by atoms with Gasteiger partial charge in [-0.1, -0.05) is 25.1 Å². The van der Waals surface area contributed by atoms with E-state index < -0.39 is 0 Å². The van der Waals surface area contributed by atoms with Crippen LogP contribution in [0.3, 0.4) is 0 Å². The van der Waals surface area contributed by atoms with Gasteiger partial charge in [0.05, 0.1) is 19.8 Å². The number of methoxy groups -OCH3 is 2. The number of carbonyl (C=O) groups excluding carboxylic acids is 1. The third-order valence-electron chi connectivity index (χ3n) is 5.53. The number of fused-ring (bicyclic) bond motifs is 1. The molecule has 3 rings (SSSR count). The van der Waals surface area contributed by atoms with Crippen LogP contribution in [0.2, 0.25) is 0 Å². The Morgan fingerprint density at radius 3 is 2.35 bits per heavy atom. The van der Waals surface area contributed by atoms with E-state index in [1.54, 1.807) is 26.4 Å². The summed E-state index contributed by atoms with van der Waals surface area (Å²) in [5, 5.41) is 0. The maximum atomic E-state index is 12.2. The van der Waals surface area contributed by atoms with Crippen molar-refractivity contribution in [2.24, 2.45) is 0 Å². The van der Waals surface area contributed by atoms with Gasteiger partial charge in [-0.15, -0.1) is 0 Å². The molecule has 0 amide bonds. The zero-order valence-corrected chi connectivity index (χ0v) is 19.1. The molecule has 2 aromatic carbocycles. The molecule has 1 heterocycles. The van der Waals surface area contributed by atoms with Gasteiger partial charge in [-0.25, -0.2) is 4.79 Å². The molecule has 0 aliphatic carbocycles. The first-order valence-corrected chi connectivity index (χ1v) is 10.6. The lowest BCUT2D eigenvalue weighted by atomic mass is 10.1. The van der Waals surface area contributed by atoms with Gasteiger partial charge in [0.25, 0.3) is 0 Å². The second kappa shape index (κ2) is 10.4. The first-order chi connectivity index (χ1) is 15.0. The summed E-state index contributed by atoms with van der Waals surface area (Å²) in [5.41, 5.74) is 3.85. The predicted octanol–water partition coefficient (Wildman–Crippen LogP) is 4.58. The maximum Gasteiger partial charge on any atom is 0.344 e. The van der Waals surface area contributed by atoms with Crippen LogP contribution in [0.4, 0.5) is 5.69 Å². The van der Waals surface area contributed by atoms with Gasteiger partial charge in [-0.2, -0.15) is 0 Å². The monoisotopic (exact) mass is 424 g/mol. The number of allylic oxidation sites excluding steroid dienone is 1. The van der Waals surface area contributed by atoms with Crippen molar-refractivity contribution in [1.82, 2.24) is 4.90 Å². The van der Waals surface area contributed by atoms with Gasteiger partial charge in [0, 0.05) is 31.9 Å². The molecular formula is C25H32N2O4. The van der Waals surface area contributed by atoms with E-state index in [1.165, 1.54) is 11.3 Å². The summed E-state index contributed by atoms with van der Waals surface area (Å²) in [4.78, 5) is 16.8. The molecule has 6 nitrogen and oxygen atoms in total. The number of para-hydroxylation sites is 1. The van der Waals surface area contributed by atoms with Gasteiger partial charge in [-0.05, 0) is 55.8 Å². The summed E-state index contributed by atoms with van der Waals surface area (Å²) >= 11 is 0. The molecule has 6 heteroatoms. The summed E-state index contributed by atoms with van der Waals surface area (Å²) in [5.74, 6) is 1.36. The lowest BCUT2D eigenvalue weighted by molar-refractivity contribution is 0.0715.